The van der Waals surface area contributed by atoms with Gasteiger partial charge in [-0.15, -0.1) is 0 Å². The van der Waals surface area contributed by atoms with Crippen molar-refractivity contribution >= 4 is 17.2 Å². The third kappa shape index (κ3) is 5.37. The summed E-state index contributed by atoms with van der Waals surface area (Å²) in [6.07, 6.45) is -0.835. The molecule has 2 aromatic heterocycles. The van der Waals surface area contributed by atoms with Crippen LogP contribution in [0.3, 0.4) is 0 Å². The van der Waals surface area contributed by atoms with Crippen molar-refractivity contribution in [2.24, 2.45) is 0 Å². The van der Waals surface area contributed by atoms with Crippen molar-refractivity contribution in [2.75, 3.05) is 18.0 Å². The molecule has 1 fully saturated rings. The number of hydrogen-bond donors (Lipinski definition) is 1. The predicted octanol–water partition coefficient (Wildman–Crippen LogP) is 6.37. The Hall–Kier alpha value is -3.88. The molecule has 1 N–H and O–H groups in total. The maximum Gasteiger partial charge on any atom is 0.416 e. The van der Waals surface area contributed by atoms with Crippen LogP contribution < -0.4 is 10.2 Å². The minimum atomic E-state index is -4.48. The first-order chi connectivity index (χ1) is 18.2. The number of benzene rings is 2. The number of imidazole rings is 1. The van der Waals surface area contributed by atoms with Crippen LogP contribution in [0.5, 0.6) is 0 Å². The lowest BCUT2D eigenvalue weighted by Crippen LogP contribution is -2.32. The van der Waals surface area contributed by atoms with Gasteiger partial charge in [0.05, 0.1) is 11.3 Å². The molecule has 1 aliphatic rings. The van der Waals surface area contributed by atoms with Crippen molar-refractivity contribution in [2.45, 2.75) is 44.8 Å². The quantitative estimate of drug-likeness (QED) is 0.298. The number of alkyl halides is 3. The molecule has 0 atom stereocenters. The zero-order valence-electron chi connectivity index (χ0n) is 20.9. The van der Waals surface area contributed by atoms with Gasteiger partial charge in [0.15, 0.2) is 0 Å². The van der Waals surface area contributed by atoms with Crippen LogP contribution in [0.1, 0.15) is 58.6 Å². The zero-order valence-corrected chi connectivity index (χ0v) is 20.9. The first kappa shape index (κ1) is 25.8. The number of fused-ring (bicyclic) bond motifs is 1. The minimum absolute atomic E-state index is 0.0920. The number of hydrogen-bond acceptors (Lipinski definition) is 3. The van der Waals surface area contributed by atoms with Crippen molar-refractivity contribution in [3.05, 3.63) is 101 Å². The second-order valence-corrected chi connectivity index (χ2v) is 9.56. The van der Waals surface area contributed by atoms with Crippen molar-refractivity contribution in [1.29, 1.82) is 0 Å². The highest BCUT2D eigenvalue weighted by molar-refractivity contribution is 5.94. The average Bonchev–Trinajstić information content (AvgIpc) is 3.30. The second-order valence-electron chi connectivity index (χ2n) is 9.56. The lowest BCUT2D eigenvalue weighted by atomic mass is 9.89. The van der Waals surface area contributed by atoms with Crippen LogP contribution in [0.2, 0.25) is 0 Å². The smallest absolute Gasteiger partial charge is 0.371 e. The highest BCUT2D eigenvalue weighted by atomic mass is 19.4. The topological polar surface area (TPSA) is 49.6 Å². The van der Waals surface area contributed by atoms with Gasteiger partial charge in [-0.25, -0.2) is 9.37 Å². The Labute approximate surface area is 218 Å². The first-order valence-corrected chi connectivity index (χ1v) is 12.7. The molecule has 0 aliphatic carbocycles. The number of nitrogens with zero attached hydrogens (tertiary/aromatic N) is 3. The van der Waals surface area contributed by atoms with Gasteiger partial charge < -0.3 is 10.2 Å². The first-order valence-electron chi connectivity index (χ1n) is 12.7. The van der Waals surface area contributed by atoms with Crippen LogP contribution in [0.25, 0.3) is 5.65 Å². The number of amides is 1. The van der Waals surface area contributed by atoms with Gasteiger partial charge in [0.2, 0.25) is 0 Å². The van der Waals surface area contributed by atoms with Gasteiger partial charge in [-0.3, -0.25) is 9.20 Å². The lowest BCUT2D eigenvalue weighted by molar-refractivity contribution is -0.137. The molecule has 1 aliphatic heterocycles. The summed E-state index contributed by atoms with van der Waals surface area (Å²) in [6, 6.07) is 16.7. The van der Waals surface area contributed by atoms with Gasteiger partial charge in [0.1, 0.15) is 17.2 Å². The monoisotopic (exact) mass is 524 g/mol. The number of anilines is 1. The second kappa shape index (κ2) is 10.5. The number of aryl methyl sites for hydroxylation is 1. The molecule has 1 saturated heterocycles. The van der Waals surface area contributed by atoms with E-state index in [-0.39, 0.29) is 29.6 Å². The van der Waals surface area contributed by atoms with Crippen LogP contribution in [-0.2, 0) is 19.1 Å². The molecule has 0 unspecified atom stereocenters. The molecule has 0 saturated carbocycles. The largest absolute Gasteiger partial charge is 0.416 e. The number of pyridine rings is 1. The Morgan fingerprint density at radius 2 is 1.71 bits per heavy atom. The summed E-state index contributed by atoms with van der Waals surface area (Å²) in [4.78, 5) is 19.6. The summed E-state index contributed by atoms with van der Waals surface area (Å²) < 4.78 is 53.9. The number of rotatable bonds is 6. The summed E-state index contributed by atoms with van der Waals surface area (Å²) >= 11 is 0. The van der Waals surface area contributed by atoms with Gasteiger partial charge in [-0.2, -0.15) is 13.2 Å². The molecule has 0 bridgehead atoms. The van der Waals surface area contributed by atoms with E-state index in [9.17, 15) is 22.4 Å². The molecule has 38 heavy (non-hydrogen) atoms. The normalized spacial score (nSPS) is 14.7. The van der Waals surface area contributed by atoms with E-state index in [0.717, 1.165) is 49.3 Å². The molecule has 0 radical (unpaired) electrons. The Balaban J connectivity index is 1.21. The fourth-order valence-corrected chi connectivity index (χ4v) is 5.05. The third-order valence-electron chi connectivity index (χ3n) is 7.17. The molecular formula is C29H28F4N4O. The molecule has 1 amide bonds. The Morgan fingerprint density at radius 3 is 2.34 bits per heavy atom. The molecule has 198 valence electrons. The van der Waals surface area contributed by atoms with Gasteiger partial charge in [0.25, 0.3) is 5.91 Å². The number of piperidine rings is 1. The fraction of sp³-hybridized carbons (Fsp3) is 0.310. The summed E-state index contributed by atoms with van der Waals surface area (Å²) in [5.41, 5.74) is 3.18. The van der Waals surface area contributed by atoms with Crippen LogP contribution in [0.4, 0.5) is 23.2 Å². The molecule has 0 spiro atoms. The van der Waals surface area contributed by atoms with Crippen molar-refractivity contribution in [3.8, 4) is 0 Å². The Bertz CT molecular complexity index is 1420. The highest BCUT2D eigenvalue weighted by Gasteiger charge is 2.31. The zero-order chi connectivity index (χ0) is 26.9. The highest BCUT2D eigenvalue weighted by Crippen LogP contribution is 2.31. The average molecular weight is 525 g/mol. The molecule has 2 aromatic carbocycles. The van der Waals surface area contributed by atoms with Crippen LogP contribution in [0, 0.1) is 5.82 Å². The van der Waals surface area contributed by atoms with E-state index in [0.29, 0.717) is 18.0 Å². The molecule has 9 heteroatoms. The fourth-order valence-electron chi connectivity index (χ4n) is 5.05. The molecule has 3 heterocycles. The van der Waals surface area contributed by atoms with E-state index >= 15 is 0 Å². The van der Waals surface area contributed by atoms with Crippen LogP contribution in [0.15, 0.2) is 66.9 Å². The number of halogens is 4. The van der Waals surface area contributed by atoms with Crippen molar-refractivity contribution in [1.82, 2.24) is 14.7 Å². The number of carbonyl (C=O) groups excluding carboxylic acids is 1. The van der Waals surface area contributed by atoms with E-state index < -0.39 is 11.7 Å². The van der Waals surface area contributed by atoms with Gasteiger partial charge in [-0.1, -0.05) is 31.2 Å². The molecule has 5 rings (SSSR count). The molecule has 4 aromatic rings. The van der Waals surface area contributed by atoms with E-state index in [2.05, 4.69) is 15.2 Å². The van der Waals surface area contributed by atoms with Gasteiger partial charge in [0, 0.05) is 31.5 Å². The van der Waals surface area contributed by atoms with E-state index in [1.165, 1.54) is 28.3 Å². The Morgan fingerprint density at radius 1 is 1.03 bits per heavy atom. The maximum atomic E-state index is 13.2. The Kier molecular flexibility index (Phi) is 7.10. The number of nitrogens with one attached hydrogen (secondary N) is 1. The standard InChI is InChI=1S/C29H28F4N4O/c1-2-25-27(37-16-13-22(29(31,32)33)17-26(37)35-25)28(38)34-18-19-3-9-24(10-4-19)36-14-11-21(12-15-36)20-5-7-23(30)8-6-20/h3-10,13,16-17,21H,2,11-12,14-15,18H2,1H3,(H,34,38). The van der Waals surface area contributed by atoms with Crippen LogP contribution in [-0.4, -0.2) is 28.4 Å². The van der Waals surface area contributed by atoms with E-state index in [1.807, 2.05) is 43.3 Å². The van der Waals surface area contributed by atoms with Gasteiger partial charge in [-0.05, 0) is 72.7 Å². The van der Waals surface area contributed by atoms with Crippen molar-refractivity contribution in [3.63, 3.8) is 0 Å². The van der Waals surface area contributed by atoms with E-state index in [4.69, 9.17) is 0 Å². The maximum absolute atomic E-state index is 13.2. The summed E-state index contributed by atoms with van der Waals surface area (Å²) in [6.45, 7) is 3.90. The minimum Gasteiger partial charge on any atom is -0.371 e. The van der Waals surface area contributed by atoms with E-state index in [1.54, 1.807) is 0 Å². The van der Waals surface area contributed by atoms with Crippen molar-refractivity contribution < 1.29 is 22.4 Å². The van der Waals surface area contributed by atoms with Gasteiger partial charge >= 0.3 is 6.18 Å². The molecular weight excluding hydrogens is 496 g/mol. The predicted molar refractivity (Wildman–Crippen MR) is 138 cm³/mol. The SMILES string of the molecule is CCc1nc2cc(C(F)(F)F)ccn2c1C(=O)NCc1ccc(N2CCC(c3ccc(F)cc3)CC2)cc1. The summed E-state index contributed by atoms with van der Waals surface area (Å²) in [5, 5.41) is 2.88. The third-order valence-corrected chi connectivity index (χ3v) is 7.17. The summed E-state index contributed by atoms with van der Waals surface area (Å²) in [5.74, 6) is -0.179. The molecule has 5 nitrogen and oxygen atoms in total. The van der Waals surface area contributed by atoms with Crippen LogP contribution >= 0.6 is 0 Å². The lowest BCUT2D eigenvalue weighted by Gasteiger charge is -2.34. The number of aromatic nitrogens is 2. The summed E-state index contributed by atoms with van der Waals surface area (Å²) in [7, 11) is 0. The number of carbonyl (C=O) groups is 1.